The maximum absolute atomic E-state index is 12.6. The van der Waals surface area contributed by atoms with Crippen molar-refractivity contribution in [1.29, 1.82) is 0 Å². The van der Waals surface area contributed by atoms with Gasteiger partial charge in [-0.2, -0.15) is 0 Å². The summed E-state index contributed by atoms with van der Waals surface area (Å²) in [7, 11) is 0. The molecule has 1 saturated heterocycles. The molecule has 9 heteroatoms. The molecular formula is C42H76O9. The fraction of sp³-hybridized carbons (Fsp3) is 0.833. The molecule has 298 valence electrons. The van der Waals surface area contributed by atoms with Gasteiger partial charge in [0.2, 0.25) is 0 Å². The molecule has 0 radical (unpaired) electrons. The fourth-order valence-corrected chi connectivity index (χ4v) is 6.03. The number of unbranched alkanes of at least 4 members (excludes halogenated alkanes) is 17. The highest BCUT2D eigenvalue weighted by Gasteiger charge is 2.44. The molecule has 1 heterocycles. The third-order valence-electron chi connectivity index (χ3n) is 9.31. The smallest absolute Gasteiger partial charge is 0.306 e. The Morgan fingerprint density at radius 2 is 1.14 bits per heavy atom. The molecule has 1 aliphatic heterocycles. The number of aliphatic hydroxyl groups excluding tert-OH is 4. The normalized spacial score (nSPS) is 21.7. The van der Waals surface area contributed by atoms with Gasteiger partial charge in [-0.25, -0.2) is 0 Å². The summed E-state index contributed by atoms with van der Waals surface area (Å²) in [5.74, 6) is -0.328. The molecule has 1 aliphatic rings. The zero-order chi connectivity index (χ0) is 37.2. The lowest BCUT2D eigenvalue weighted by atomic mass is 9.99. The third kappa shape index (κ3) is 25.9. The van der Waals surface area contributed by atoms with Gasteiger partial charge < -0.3 is 39.4 Å². The zero-order valence-corrected chi connectivity index (χ0v) is 32.4. The first-order chi connectivity index (χ1) is 24.9. The maximum Gasteiger partial charge on any atom is 0.306 e. The van der Waals surface area contributed by atoms with E-state index in [1.165, 1.54) is 83.5 Å². The van der Waals surface area contributed by atoms with Gasteiger partial charge in [-0.1, -0.05) is 140 Å². The van der Waals surface area contributed by atoms with Gasteiger partial charge in [-0.3, -0.25) is 4.79 Å². The molecule has 9 nitrogen and oxygen atoms in total. The van der Waals surface area contributed by atoms with Crippen LogP contribution in [-0.2, 0) is 23.7 Å². The summed E-state index contributed by atoms with van der Waals surface area (Å²) in [6.45, 7) is 4.45. The SMILES string of the molecule is CCCCCCC/C=C\C/C=C\C/C=C\CCCCCCCCCOCC(COC1OC(CO)C(O)C(O)C1O)OC(=O)CCCCCCCC. The Bertz CT molecular complexity index is 874. The number of hydrogen-bond donors (Lipinski definition) is 4. The van der Waals surface area contributed by atoms with Crippen molar-refractivity contribution >= 4 is 5.97 Å². The summed E-state index contributed by atoms with van der Waals surface area (Å²) in [5, 5.41) is 39.8. The van der Waals surface area contributed by atoms with Gasteiger partial charge in [0.25, 0.3) is 0 Å². The average molecular weight is 725 g/mol. The van der Waals surface area contributed by atoms with Gasteiger partial charge in [0, 0.05) is 13.0 Å². The van der Waals surface area contributed by atoms with E-state index in [1.54, 1.807) is 0 Å². The van der Waals surface area contributed by atoms with Crippen LogP contribution in [0.4, 0.5) is 0 Å². The van der Waals surface area contributed by atoms with E-state index in [-0.39, 0.29) is 19.2 Å². The van der Waals surface area contributed by atoms with Crippen LogP contribution in [0.25, 0.3) is 0 Å². The third-order valence-corrected chi connectivity index (χ3v) is 9.31. The van der Waals surface area contributed by atoms with Crippen LogP contribution in [0.3, 0.4) is 0 Å². The van der Waals surface area contributed by atoms with Crippen molar-refractivity contribution < 1.29 is 44.2 Å². The van der Waals surface area contributed by atoms with Gasteiger partial charge in [0.15, 0.2) is 6.29 Å². The average Bonchev–Trinajstić information content (AvgIpc) is 3.13. The van der Waals surface area contributed by atoms with Crippen molar-refractivity contribution in [3.63, 3.8) is 0 Å². The molecule has 0 bridgehead atoms. The Kier molecular flexibility index (Phi) is 31.8. The molecule has 0 aromatic heterocycles. The lowest BCUT2D eigenvalue weighted by molar-refractivity contribution is -0.305. The van der Waals surface area contributed by atoms with Crippen molar-refractivity contribution in [3.8, 4) is 0 Å². The second-order valence-electron chi connectivity index (χ2n) is 14.1. The first-order valence-corrected chi connectivity index (χ1v) is 20.6. The van der Waals surface area contributed by atoms with E-state index in [0.717, 1.165) is 57.8 Å². The van der Waals surface area contributed by atoms with Crippen molar-refractivity contribution in [3.05, 3.63) is 36.5 Å². The molecule has 1 fully saturated rings. The minimum atomic E-state index is -1.53. The molecule has 0 saturated carbocycles. The molecule has 6 unspecified atom stereocenters. The van der Waals surface area contributed by atoms with E-state index in [0.29, 0.717) is 13.0 Å². The zero-order valence-electron chi connectivity index (χ0n) is 32.4. The Labute approximate surface area is 310 Å². The summed E-state index contributed by atoms with van der Waals surface area (Å²) in [5.41, 5.74) is 0. The van der Waals surface area contributed by atoms with E-state index in [2.05, 4.69) is 50.3 Å². The van der Waals surface area contributed by atoms with Crippen molar-refractivity contribution in [2.45, 2.75) is 198 Å². The first kappa shape index (κ1) is 47.4. The molecular weight excluding hydrogens is 648 g/mol. The highest BCUT2D eigenvalue weighted by Crippen LogP contribution is 2.22. The van der Waals surface area contributed by atoms with Gasteiger partial charge in [0.1, 0.15) is 30.5 Å². The quantitative estimate of drug-likeness (QED) is 0.0293. The predicted octanol–water partition coefficient (Wildman–Crippen LogP) is 8.41. The van der Waals surface area contributed by atoms with E-state index in [9.17, 15) is 25.2 Å². The number of ether oxygens (including phenoxy) is 4. The highest BCUT2D eigenvalue weighted by atomic mass is 16.7. The Morgan fingerprint density at radius 3 is 1.71 bits per heavy atom. The minimum absolute atomic E-state index is 0.117. The van der Waals surface area contributed by atoms with Gasteiger partial charge in [0.05, 0.1) is 19.8 Å². The molecule has 0 aromatic rings. The second-order valence-corrected chi connectivity index (χ2v) is 14.1. The monoisotopic (exact) mass is 725 g/mol. The molecule has 0 amide bonds. The largest absolute Gasteiger partial charge is 0.457 e. The summed E-state index contributed by atoms with van der Waals surface area (Å²) in [6.07, 6.45) is 32.0. The highest BCUT2D eigenvalue weighted by molar-refractivity contribution is 5.69. The van der Waals surface area contributed by atoms with Crippen LogP contribution >= 0.6 is 0 Å². The van der Waals surface area contributed by atoms with Gasteiger partial charge in [-0.15, -0.1) is 0 Å². The second kappa shape index (κ2) is 34.2. The molecule has 51 heavy (non-hydrogen) atoms. The Balaban J connectivity index is 2.19. The topological polar surface area (TPSA) is 135 Å². The number of rotatable bonds is 34. The number of carbonyl (C=O) groups is 1. The van der Waals surface area contributed by atoms with Crippen LogP contribution in [0.5, 0.6) is 0 Å². The van der Waals surface area contributed by atoms with Crippen LogP contribution in [0, 0.1) is 0 Å². The standard InChI is InChI=1S/C42H76O9/c1-3-5-7-9-11-12-13-14-15-16-17-18-19-20-21-22-23-24-25-26-28-30-32-48-34-36(50-38(44)31-29-27-10-8-6-4-2)35-49-42-41(47)40(46)39(45)37(33-43)51-42/h13-14,16-17,19-20,36-37,39-43,45-47H,3-12,15,18,21-35H2,1-2H3/b14-13-,17-16-,20-19-. The summed E-state index contributed by atoms with van der Waals surface area (Å²) < 4.78 is 22.6. The molecule has 4 N–H and O–H groups in total. The Morgan fingerprint density at radius 1 is 0.627 bits per heavy atom. The molecule has 0 spiro atoms. The number of aliphatic hydroxyl groups is 4. The van der Waals surface area contributed by atoms with Crippen LogP contribution in [0.15, 0.2) is 36.5 Å². The predicted molar refractivity (Wildman–Crippen MR) is 205 cm³/mol. The Hall–Kier alpha value is -1.59. The van der Waals surface area contributed by atoms with Crippen molar-refractivity contribution in [2.24, 2.45) is 0 Å². The van der Waals surface area contributed by atoms with E-state index in [1.807, 2.05) is 0 Å². The molecule has 1 rings (SSSR count). The summed E-state index contributed by atoms with van der Waals surface area (Å²) in [6, 6.07) is 0. The van der Waals surface area contributed by atoms with Gasteiger partial charge >= 0.3 is 5.97 Å². The van der Waals surface area contributed by atoms with Crippen molar-refractivity contribution in [2.75, 3.05) is 26.4 Å². The fourth-order valence-electron chi connectivity index (χ4n) is 6.03. The lowest BCUT2D eigenvalue weighted by Gasteiger charge is -2.39. The molecule has 0 aliphatic carbocycles. The van der Waals surface area contributed by atoms with E-state index < -0.39 is 43.4 Å². The lowest BCUT2D eigenvalue weighted by Crippen LogP contribution is -2.59. The van der Waals surface area contributed by atoms with E-state index >= 15 is 0 Å². The summed E-state index contributed by atoms with van der Waals surface area (Å²) in [4.78, 5) is 12.6. The number of allylic oxidation sites excluding steroid dienone is 6. The van der Waals surface area contributed by atoms with Gasteiger partial charge in [-0.05, 0) is 51.4 Å². The molecule has 6 atom stereocenters. The number of hydrogen-bond acceptors (Lipinski definition) is 9. The number of esters is 1. The minimum Gasteiger partial charge on any atom is -0.457 e. The van der Waals surface area contributed by atoms with Crippen molar-refractivity contribution in [1.82, 2.24) is 0 Å². The maximum atomic E-state index is 12.6. The number of carbonyl (C=O) groups excluding carboxylic acids is 1. The summed E-state index contributed by atoms with van der Waals surface area (Å²) >= 11 is 0. The van der Waals surface area contributed by atoms with Crippen LogP contribution in [0.2, 0.25) is 0 Å². The van der Waals surface area contributed by atoms with Crippen LogP contribution in [0.1, 0.15) is 162 Å². The molecule has 0 aromatic carbocycles. The van der Waals surface area contributed by atoms with Crippen LogP contribution in [-0.4, -0.2) is 89.6 Å². The van der Waals surface area contributed by atoms with E-state index in [4.69, 9.17) is 18.9 Å². The first-order valence-electron chi connectivity index (χ1n) is 20.6. The van der Waals surface area contributed by atoms with Crippen LogP contribution < -0.4 is 0 Å².